The summed E-state index contributed by atoms with van der Waals surface area (Å²) in [6, 6.07) is 14.3. The molecule has 0 spiro atoms. The van der Waals surface area contributed by atoms with E-state index in [4.69, 9.17) is 22.1 Å². The molecule has 0 aliphatic rings. The third kappa shape index (κ3) is 3.01. The number of nitrogens with two attached hydrogens (primary N) is 1. The number of fused-ring (bicyclic) bond motifs is 1. The molecule has 0 aliphatic carbocycles. The van der Waals surface area contributed by atoms with Crippen LogP contribution in [-0.2, 0) is 11.3 Å². The van der Waals surface area contributed by atoms with Crippen molar-refractivity contribution in [1.29, 1.82) is 0 Å². The van der Waals surface area contributed by atoms with Gasteiger partial charge in [0, 0.05) is 21.6 Å². The number of benzene rings is 2. The van der Waals surface area contributed by atoms with Crippen LogP contribution in [0.2, 0.25) is 5.02 Å². The first-order valence-corrected chi connectivity index (χ1v) is 6.79. The van der Waals surface area contributed by atoms with E-state index in [0.717, 1.165) is 16.5 Å². The van der Waals surface area contributed by atoms with Crippen molar-refractivity contribution in [2.45, 2.75) is 6.61 Å². The highest BCUT2D eigenvalue weighted by Gasteiger charge is 2.11. The van der Waals surface area contributed by atoms with Gasteiger partial charge in [-0.15, -0.1) is 0 Å². The van der Waals surface area contributed by atoms with Gasteiger partial charge in [0.25, 0.3) is 0 Å². The largest absolute Gasteiger partial charge is 0.456 e. The van der Waals surface area contributed by atoms with Gasteiger partial charge in [-0.25, -0.2) is 4.79 Å². The Morgan fingerprint density at radius 2 is 1.90 bits per heavy atom. The highest BCUT2D eigenvalue weighted by atomic mass is 35.5. The van der Waals surface area contributed by atoms with Crippen LogP contribution in [0, 0.1) is 0 Å². The number of hydrogen-bond acceptors (Lipinski definition) is 3. The molecule has 0 aliphatic heterocycles. The summed E-state index contributed by atoms with van der Waals surface area (Å²) in [5, 5.41) is 1.53. The Morgan fingerprint density at radius 3 is 2.67 bits per heavy atom. The monoisotopic (exact) mass is 300 g/mol. The molecule has 3 rings (SSSR count). The Labute approximate surface area is 126 Å². The molecule has 0 fully saturated rings. The van der Waals surface area contributed by atoms with Crippen LogP contribution >= 0.6 is 11.6 Å². The summed E-state index contributed by atoms with van der Waals surface area (Å²) < 4.78 is 5.27. The molecular formula is C16H13ClN2O2. The summed E-state index contributed by atoms with van der Waals surface area (Å²) >= 11 is 5.81. The molecule has 0 saturated carbocycles. The molecule has 1 aromatic heterocycles. The molecule has 2 aromatic carbocycles. The predicted octanol–water partition coefficient (Wildman–Crippen LogP) is 3.76. The van der Waals surface area contributed by atoms with Crippen LogP contribution in [0.25, 0.3) is 10.9 Å². The van der Waals surface area contributed by atoms with Crippen molar-refractivity contribution in [3.05, 3.63) is 64.8 Å². The molecule has 5 heteroatoms. The molecule has 3 N–H and O–H groups in total. The number of aromatic amines is 1. The van der Waals surface area contributed by atoms with Gasteiger partial charge in [0.05, 0.1) is 0 Å². The molecule has 0 radical (unpaired) electrons. The van der Waals surface area contributed by atoms with Crippen LogP contribution in [0.4, 0.5) is 5.69 Å². The zero-order valence-corrected chi connectivity index (χ0v) is 11.9. The number of rotatable bonds is 3. The lowest BCUT2D eigenvalue weighted by molar-refractivity contribution is 0.0467. The van der Waals surface area contributed by atoms with E-state index in [9.17, 15) is 4.79 Å². The summed E-state index contributed by atoms with van der Waals surface area (Å²) in [5.41, 5.74) is 8.51. The molecule has 4 nitrogen and oxygen atoms in total. The molecule has 1 heterocycles. The van der Waals surface area contributed by atoms with Crippen LogP contribution in [0.15, 0.2) is 48.5 Å². The first-order chi connectivity index (χ1) is 10.1. The lowest BCUT2D eigenvalue weighted by Crippen LogP contribution is -2.05. The zero-order valence-electron chi connectivity index (χ0n) is 11.1. The summed E-state index contributed by atoms with van der Waals surface area (Å²) in [6.45, 7) is 0.202. The number of carbonyl (C=O) groups excluding carboxylic acids is 1. The Bertz CT molecular complexity index is 794. The number of nitrogen functional groups attached to an aromatic ring is 1. The molecular weight excluding hydrogens is 288 g/mol. The van der Waals surface area contributed by atoms with Crippen LogP contribution < -0.4 is 5.73 Å². The summed E-state index contributed by atoms with van der Waals surface area (Å²) in [5.74, 6) is -0.403. The van der Waals surface area contributed by atoms with Crippen molar-refractivity contribution in [3.63, 3.8) is 0 Å². The molecule has 0 atom stereocenters. The quantitative estimate of drug-likeness (QED) is 0.571. The van der Waals surface area contributed by atoms with Crippen molar-refractivity contribution >= 4 is 34.2 Å². The van der Waals surface area contributed by atoms with Crippen molar-refractivity contribution < 1.29 is 9.53 Å². The number of anilines is 1. The van der Waals surface area contributed by atoms with Crippen LogP contribution in [0.1, 0.15) is 16.1 Å². The number of aromatic nitrogens is 1. The Hall–Kier alpha value is -2.46. The minimum atomic E-state index is -0.403. The highest BCUT2D eigenvalue weighted by molar-refractivity contribution is 6.30. The molecule has 0 amide bonds. The number of halogens is 1. The summed E-state index contributed by atoms with van der Waals surface area (Å²) in [4.78, 5) is 15.0. The minimum Gasteiger partial charge on any atom is -0.456 e. The minimum absolute atomic E-state index is 0.202. The smallest absolute Gasteiger partial charge is 0.355 e. The Morgan fingerprint density at radius 1 is 1.14 bits per heavy atom. The number of nitrogens with one attached hydrogen (secondary N) is 1. The van der Waals surface area contributed by atoms with E-state index in [1.165, 1.54) is 0 Å². The van der Waals surface area contributed by atoms with Gasteiger partial charge in [0.15, 0.2) is 0 Å². The zero-order chi connectivity index (χ0) is 14.8. The van der Waals surface area contributed by atoms with Gasteiger partial charge >= 0.3 is 5.97 Å². The van der Waals surface area contributed by atoms with Gasteiger partial charge < -0.3 is 15.5 Å². The fourth-order valence-electron chi connectivity index (χ4n) is 2.07. The van der Waals surface area contributed by atoms with E-state index < -0.39 is 5.97 Å². The maximum Gasteiger partial charge on any atom is 0.355 e. The number of esters is 1. The average Bonchev–Trinajstić information content (AvgIpc) is 2.89. The maximum atomic E-state index is 12.0. The van der Waals surface area contributed by atoms with E-state index in [2.05, 4.69) is 4.98 Å². The number of ether oxygens (including phenoxy) is 1. The lowest BCUT2D eigenvalue weighted by atomic mass is 10.2. The van der Waals surface area contributed by atoms with Crippen LogP contribution in [0.3, 0.4) is 0 Å². The molecule has 0 unspecified atom stereocenters. The Balaban J connectivity index is 1.73. The average molecular weight is 301 g/mol. The standard InChI is InChI=1S/C16H13ClN2O2/c17-12-3-1-10(2-4-12)9-21-16(20)15-8-11-7-13(18)5-6-14(11)19-15/h1-8,19H,9,18H2. The van der Waals surface area contributed by atoms with Crippen LogP contribution in [0.5, 0.6) is 0 Å². The fourth-order valence-corrected chi connectivity index (χ4v) is 2.19. The molecule has 0 saturated heterocycles. The second-order valence-electron chi connectivity index (χ2n) is 4.73. The van der Waals surface area contributed by atoms with E-state index >= 15 is 0 Å². The SMILES string of the molecule is Nc1ccc2[nH]c(C(=O)OCc3ccc(Cl)cc3)cc2c1. The molecule has 106 valence electrons. The van der Waals surface area contributed by atoms with Gasteiger partial charge in [-0.05, 0) is 42.0 Å². The van der Waals surface area contributed by atoms with Crippen LogP contribution in [-0.4, -0.2) is 11.0 Å². The summed E-state index contributed by atoms with van der Waals surface area (Å²) in [6.07, 6.45) is 0. The van der Waals surface area contributed by atoms with Crippen molar-refractivity contribution in [3.8, 4) is 0 Å². The topological polar surface area (TPSA) is 68.1 Å². The van der Waals surface area contributed by atoms with Gasteiger partial charge in [0.1, 0.15) is 12.3 Å². The molecule has 21 heavy (non-hydrogen) atoms. The van der Waals surface area contributed by atoms with Crippen molar-refractivity contribution in [2.75, 3.05) is 5.73 Å². The highest BCUT2D eigenvalue weighted by Crippen LogP contribution is 2.19. The van der Waals surface area contributed by atoms with Crippen molar-refractivity contribution in [1.82, 2.24) is 4.98 Å². The first kappa shape index (κ1) is 13.5. The fraction of sp³-hybridized carbons (Fsp3) is 0.0625. The third-order valence-electron chi connectivity index (χ3n) is 3.15. The van der Waals surface area contributed by atoms with Crippen molar-refractivity contribution in [2.24, 2.45) is 0 Å². The van der Waals surface area contributed by atoms with E-state index in [-0.39, 0.29) is 6.61 Å². The van der Waals surface area contributed by atoms with Gasteiger partial charge in [-0.3, -0.25) is 0 Å². The third-order valence-corrected chi connectivity index (χ3v) is 3.40. The number of hydrogen-bond donors (Lipinski definition) is 2. The molecule has 3 aromatic rings. The molecule has 0 bridgehead atoms. The van der Waals surface area contributed by atoms with E-state index in [1.807, 2.05) is 24.3 Å². The number of carbonyl (C=O) groups is 1. The maximum absolute atomic E-state index is 12.0. The summed E-state index contributed by atoms with van der Waals surface area (Å²) in [7, 11) is 0. The first-order valence-electron chi connectivity index (χ1n) is 6.41. The second kappa shape index (κ2) is 5.50. The number of H-pyrrole nitrogens is 1. The predicted molar refractivity (Wildman–Crippen MR) is 83.3 cm³/mol. The van der Waals surface area contributed by atoms with E-state index in [0.29, 0.717) is 16.4 Å². The lowest BCUT2D eigenvalue weighted by Gasteiger charge is -2.03. The normalized spacial score (nSPS) is 10.7. The second-order valence-corrected chi connectivity index (χ2v) is 5.17. The Kier molecular flexibility index (Phi) is 3.54. The van der Waals surface area contributed by atoms with Gasteiger partial charge in [-0.2, -0.15) is 0 Å². The van der Waals surface area contributed by atoms with E-state index in [1.54, 1.807) is 24.3 Å². The van der Waals surface area contributed by atoms with Gasteiger partial charge in [-0.1, -0.05) is 23.7 Å². The van der Waals surface area contributed by atoms with Gasteiger partial charge in [0.2, 0.25) is 0 Å².